The quantitative estimate of drug-likeness (QED) is 0.546. The van der Waals surface area contributed by atoms with Crippen LogP contribution < -0.4 is 10.6 Å². The number of rotatable bonds is 4. The number of benzene rings is 2. The average molecular weight is 404 g/mol. The monoisotopic (exact) mass is 404 g/mol. The van der Waals surface area contributed by atoms with Crippen molar-refractivity contribution < 1.29 is 9.18 Å². The maximum absolute atomic E-state index is 13.8. The van der Waals surface area contributed by atoms with Gasteiger partial charge in [-0.1, -0.05) is 0 Å². The number of primary amides is 1. The highest BCUT2D eigenvalue weighted by Crippen LogP contribution is 2.27. The predicted molar refractivity (Wildman–Crippen MR) is 114 cm³/mol. The van der Waals surface area contributed by atoms with E-state index in [0.717, 1.165) is 59.6 Å². The summed E-state index contributed by atoms with van der Waals surface area (Å²) in [6.45, 7) is 4.09. The molecule has 4 aromatic rings. The van der Waals surface area contributed by atoms with Gasteiger partial charge in [0.15, 0.2) is 0 Å². The van der Waals surface area contributed by atoms with Crippen molar-refractivity contribution in [3.05, 3.63) is 65.9 Å². The summed E-state index contributed by atoms with van der Waals surface area (Å²) >= 11 is 0. The molecule has 0 saturated carbocycles. The summed E-state index contributed by atoms with van der Waals surface area (Å²) in [5.74, 6) is 0.156. The van der Waals surface area contributed by atoms with E-state index in [9.17, 15) is 9.18 Å². The number of halogens is 1. The molecule has 1 amide bonds. The molecule has 1 saturated heterocycles. The Morgan fingerprint density at radius 1 is 1.07 bits per heavy atom. The van der Waals surface area contributed by atoms with Crippen molar-refractivity contribution in [3.63, 3.8) is 0 Å². The molecule has 0 aliphatic carbocycles. The number of carbonyl (C=O) groups excluding carboxylic acids is 1. The summed E-state index contributed by atoms with van der Waals surface area (Å²) in [4.78, 5) is 28.2. The number of nitrogens with zero attached hydrogens (tertiary/aromatic N) is 4. The fourth-order valence-electron chi connectivity index (χ4n) is 4.03. The highest BCUT2D eigenvalue weighted by Gasteiger charge is 2.20. The van der Waals surface area contributed by atoms with Gasteiger partial charge in [-0.05, 0) is 42.5 Å². The Morgan fingerprint density at radius 2 is 1.87 bits per heavy atom. The topological polar surface area (TPSA) is 91.1 Å². The van der Waals surface area contributed by atoms with Crippen LogP contribution in [-0.2, 0) is 6.54 Å². The first-order chi connectivity index (χ1) is 14.6. The Kier molecular flexibility index (Phi) is 4.55. The molecular formula is C22H21FN6O. The van der Waals surface area contributed by atoms with Crippen molar-refractivity contribution in [1.82, 2.24) is 19.9 Å². The van der Waals surface area contributed by atoms with Crippen LogP contribution in [0.4, 0.5) is 10.1 Å². The number of anilines is 1. The molecule has 3 N–H and O–H groups in total. The molecule has 0 spiro atoms. The van der Waals surface area contributed by atoms with E-state index in [1.807, 2.05) is 6.07 Å². The van der Waals surface area contributed by atoms with E-state index in [1.165, 1.54) is 6.07 Å². The molecule has 2 aromatic carbocycles. The zero-order chi connectivity index (χ0) is 20.7. The minimum Gasteiger partial charge on any atom is -0.368 e. The van der Waals surface area contributed by atoms with Crippen molar-refractivity contribution in [3.8, 4) is 0 Å². The summed E-state index contributed by atoms with van der Waals surface area (Å²) in [5.41, 5.74) is 9.26. The molecular weight excluding hydrogens is 383 g/mol. The van der Waals surface area contributed by atoms with Crippen molar-refractivity contribution >= 4 is 33.5 Å². The fourth-order valence-corrected chi connectivity index (χ4v) is 4.03. The maximum atomic E-state index is 13.8. The van der Waals surface area contributed by atoms with Crippen LogP contribution in [0.5, 0.6) is 0 Å². The number of aromatic amines is 1. The number of carbonyl (C=O) groups is 1. The molecule has 0 radical (unpaired) electrons. The Hall–Kier alpha value is -3.52. The van der Waals surface area contributed by atoms with E-state index in [0.29, 0.717) is 12.1 Å². The van der Waals surface area contributed by atoms with Crippen LogP contribution in [0.15, 0.2) is 48.7 Å². The van der Waals surface area contributed by atoms with Gasteiger partial charge in [-0.25, -0.2) is 9.37 Å². The number of aromatic nitrogens is 3. The summed E-state index contributed by atoms with van der Waals surface area (Å²) in [6.07, 6.45) is 1.77. The molecule has 7 nitrogen and oxygen atoms in total. The first kappa shape index (κ1) is 18.5. The minimum atomic E-state index is -0.451. The van der Waals surface area contributed by atoms with E-state index in [2.05, 4.69) is 24.8 Å². The fraction of sp³-hybridized carbons (Fsp3) is 0.227. The first-order valence-corrected chi connectivity index (χ1v) is 9.87. The van der Waals surface area contributed by atoms with Crippen LogP contribution in [0, 0.1) is 5.82 Å². The molecule has 2 aromatic heterocycles. The zero-order valence-corrected chi connectivity index (χ0v) is 16.3. The maximum Gasteiger partial charge on any atom is 0.248 e. The lowest BCUT2D eigenvalue weighted by atomic mass is 10.1. The van der Waals surface area contributed by atoms with E-state index >= 15 is 0 Å². The van der Waals surface area contributed by atoms with Gasteiger partial charge >= 0.3 is 0 Å². The number of hydrogen-bond acceptors (Lipinski definition) is 5. The molecule has 30 heavy (non-hydrogen) atoms. The molecule has 0 atom stereocenters. The van der Waals surface area contributed by atoms with Crippen LogP contribution in [-0.4, -0.2) is 51.9 Å². The molecule has 0 unspecified atom stereocenters. The standard InChI is InChI=1S/C22H21FN6O/c23-15-2-4-17-16(12-15)20(5-6-25-17)29-9-7-28(8-10-29)13-21-26-18-3-1-14(22(24)30)11-19(18)27-21/h1-6,11-12H,7-10,13H2,(H2,24,30)(H,26,27). The Balaban J connectivity index is 1.29. The van der Waals surface area contributed by atoms with Gasteiger partial charge in [0.25, 0.3) is 0 Å². The van der Waals surface area contributed by atoms with Crippen LogP contribution in [0.1, 0.15) is 16.2 Å². The van der Waals surface area contributed by atoms with Crippen LogP contribution >= 0.6 is 0 Å². The van der Waals surface area contributed by atoms with E-state index in [-0.39, 0.29) is 5.82 Å². The SMILES string of the molecule is NC(=O)c1ccc2nc(CN3CCN(c4ccnc5ccc(F)cc45)CC3)[nH]c2c1. The zero-order valence-electron chi connectivity index (χ0n) is 16.3. The van der Waals surface area contributed by atoms with Gasteiger partial charge < -0.3 is 15.6 Å². The second-order valence-electron chi connectivity index (χ2n) is 7.53. The molecule has 5 rings (SSSR count). The van der Waals surface area contributed by atoms with Gasteiger partial charge in [0, 0.05) is 49.0 Å². The Labute approximate surface area is 172 Å². The number of fused-ring (bicyclic) bond motifs is 2. The van der Waals surface area contributed by atoms with Crippen LogP contribution in [0.2, 0.25) is 0 Å². The average Bonchev–Trinajstić information content (AvgIpc) is 3.15. The summed E-state index contributed by atoms with van der Waals surface area (Å²) < 4.78 is 13.8. The van der Waals surface area contributed by atoms with Crippen molar-refractivity contribution in [2.45, 2.75) is 6.54 Å². The van der Waals surface area contributed by atoms with Gasteiger partial charge in [-0.15, -0.1) is 0 Å². The minimum absolute atomic E-state index is 0.250. The number of imidazole rings is 1. The molecule has 0 bridgehead atoms. The highest BCUT2D eigenvalue weighted by atomic mass is 19.1. The van der Waals surface area contributed by atoms with Crippen molar-refractivity contribution in [2.24, 2.45) is 5.73 Å². The van der Waals surface area contributed by atoms with Gasteiger partial charge in [0.2, 0.25) is 5.91 Å². The summed E-state index contributed by atoms with van der Waals surface area (Å²) in [6, 6.07) is 11.9. The number of nitrogens with two attached hydrogens (primary N) is 1. The molecule has 8 heteroatoms. The van der Waals surface area contributed by atoms with E-state index in [4.69, 9.17) is 5.73 Å². The van der Waals surface area contributed by atoms with Crippen molar-refractivity contribution in [2.75, 3.05) is 31.1 Å². The molecule has 152 valence electrons. The lowest BCUT2D eigenvalue weighted by Crippen LogP contribution is -2.46. The summed E-state index contributed by atoms with van der Waals surface area (Å²) in [5, 5.41) is 0.841. The predicted octanol–water partition coefficient (Wildman–Crippen LogP) is 2.67. The largest absolute Gasteiger partial charge is 0.368 e. The highest BCUT2D eigenvalue weighted by molar-refractivity contribution is 5.96. The lowest BCUT2D eigenvalue weighted by molar-refractivity contribution is 0.100. The number of pyridine rings is 1. The number of hydrogen-bond donors (Lipinski definition) is 2. The number of nitrogens with one attached hydrogen (secondary N) is 1. The van der Waals surface area contributed by atoms with Gasteiger partial charge in [-0.3, -0.25) is 14.7 Å². The second-order valence-corrected chi connectivity index (χ2v) is 7.53. The molecule has 1 fully saturated rings. The van der Waals surface area contributed by atoms with E-state index in [1.54, 1.807) is 36.5 Å². The first-order valence-electron chi connectivity index (χ1n) is 9.87. The third-order valence-electron chi connectivity index (χ3n) is 5.58. The number of piperazine rings is 1. The molecule has 1 aliphatic heterocycles. The van der Waals surface area contributed by atoms with E-state index < -0.39 is 5.91 Å². The third-order valence-corrected chi connectivity index (χ3v) is 5.58. The Bertz CT molecular complexity index is 1250. The lowest BCUT2D eigenvalue weighted by Gasteiger charge is -2.36. The van der Waals surface area contributed by atoms with Gasteiger partial charge in [-0.2, -0.15) is 0 Å². The Morgan fingerprint density at radius 3 is 2.67 bits per heavy atom. The number of amides is 1. The summed E-state index contributed by atoms with van der Waals surface area (Å²) in [7, 11) is 0. The molecule has 3 heterocycles. The third kappa shape index (κ3) is 3.46. The second kappa shape index (κ2) is 7.38. The molecule has 1 aliphatic rings. The van der Waals surface area contributed by atoms with Crippen molar-refractivity contribution in [1.29, 1.82) is 0 Å². The smallest absolute Gasteiger partial charge is 0.248 e. The number of H-pyrrole nitrogens is 1. The van der Waals surface area contributed by atoms with Crippen LogP contribution in [0.25, 0.3) is 21.9 Å². The van der Waals surface area contributed by atoms with Gasteiger partial charge in [0.1, 0.15) is 11.6 Å². The van der Waals surface area contributed by atoms with Crippen LogP contribution in [0.3, 0.4) is 0 Å². The van der Waals surface area contributed by atoms with Gasteiger partial charge in [0.05, 0.1) is 23.1 Å². The normalized spacial score (nSPS) is 15.2.